The fourth-order valence-electron chi connectivity index (χ4n) is 4.40. The van der Waals surface area contributed by atoms with Gasteiger partial charge in [-0.25, -0.2) is 9.18 Å². The largest absolute Gasteiger partial charge is 0.325 e. The lowest BCUT2D eigenvalue weighted by atomic mass is 10.0. The molecule has 2 atom stereocenters. The number of imide groups is 1. The molecule has 3 aromatic rings. The molecule has 10 heteroatoms. The first-order valence-electron chi connectivity index (χ1n) is 10.1. The number of nitrogens with zero attached hydrogens (tertiary/aromatic N) is 5. The first-order valence-corrected chi connectivity index (χ1v) is 10.5. The molecule has 32 heavy (non-hydrogen) atoms. The molecule has 3 heterocycles. The number of nitrogens with one attached hydrogen (secondary N) is 1. The maximum absolute atomic E-state index is 14.8. The van der Waals surface area contributed by atoms with Crippen molar-refractivity contribution in [1.29, 1.82) is 0 Å². The van der Waals surface area contributed by atoms with Crippen LogP contribution in [0.3, 0.4) is 0 Å². The van der Waals surface area contributed by atoms with Crippen LogP contribution in [0.2, 0.25) is 5.02 Å². The number of rotatable bonds is 3. The average Bonchev–Trinajstić information content (AvgIpc) is 3.28. The second kappa shape index (κ2) is 7.30. The molecule has 1 aromatic heterocycles. The molecule has 2 aliphatic heterocycles. The Labute approximate surface area is 188 Å². The fraction of sp³-hybridized carbons (Fsp3) is 0.273. The van der Waals surface area contributed by atoms with Crippen LogP contribution in [0.25, 0.3) is 11.4 Å². The van der Waals surface area contributed by atoms with Gasteiger partial charge in [-0.2, -0.15) is 0 Å². The molecule has 0 radical (unpaired) electrons. The zero-order valence-corrected chi connectivity index (χ0v) is 18.4. The molecule has 1 saturated heterocycles. The summed E-state index contributed by atoms with van der Waals surface area (Å²) < 4.78 is 16.4. The van der Waals surface area contributed by atoms with Gasteiger partial charge in [0.1, 0.15) is 12.0 Å². The molecule has 3 amide bonds. The molecular formula is C22H20ClFN6O2. The van der Waals surface area contributed by atoms with Crippen LogP contribution in [-0.4, -0.2) is 44.7 Å². The molecule has 0 aliphatic carbocycles. The summed E-state index contributed by atoms with van der Waals surface area (Å²) in [6.07, 6.45) is -0.753. The Balaban J connectivity index is 1.70. The molecule has 5 rings (SSSR count). The molecule has 164 valence electrons. The summed E-state index contributed by atoms with van der Waals surface area (Å²) in [4.78, 5) is 28.6. The van der Waals surface area contributed by atoms with E-state index in [1.807, 2.05) is 32.0 Å². The van der Waals surface area contributed by atoms with E-state index in [1.165, 1.54) is 17.0 Å². The maximum Gasteiger partial charge on any atom is 0.325 e. The van der Waals surface area contributed by atoms with E-state index in [4.69, 9.17) is 11.6 Å². The van der Waals surface area contributed by atoms with E-state index < -0.39 is 30.0 Å². The second-order valence-corrected chi connectivity index (χ2v) is 8.52. The van der Waals surface area contributed by atoms with Crippen LogP contribution in [0.5, 0.6) is 0 Å². The molecule has 0 spiro atoms. The van der Waals surface area contributed by atoms with E-state index in [-0.39, 0.29) is 16.4 Å². The fourth-order valence-corrected chi connectivity index (χ4v) is 4.65. The van der Waals surface area contributed by atoms with Crippen LogP contribution in [0.4, 0.5) is 15.1 Å². The summed E-state index contributed by atoms with van der Waals surface area (Å²) in [7, 11) is 1.58. The van der Waals surface area contributed by atoms with Crippen LogP contribution in [0, 0.1) is 19.7 Å². The van der Waals surface area contributed by atoms with Gasteiger partial charge in [0.25, 0.3) is 5.91 Å². The van der Waals surface area contributed by atoms with E-state index in [0.29, 0.717) is 12.5 Å². The summed E-state index contributed by atoms with van der Waals surface area (Å²) in [5.74, 6) is -0.478. The van der Waals surface area contributed by atoms with Crippen molar-refractivity contribution >= 4 is 29.5 Å². The molecule has 2 aromatic carbocycles. The number of urea groups is 1. The van der Waals surface area contributed by atoms with Crippen molar-refractivity contribution in [3.05, 3.63) is 63.9 Å². The molecule has 0 bridgehead atoms. The zero-order valence-electron chi connectivity index (χ0n) is 17.6. The van der Waals surface area contributed by atoms with Crippen molar-refractivity contribution in [2.75, 3.05) is 11.9 Å². The van der Waals surface area contributed by atoms with Crippen LogP contribution in [-0.2, 0) is 11.3 Å². The quantitative estimate of drug-likeness (QED) is 0.655. The monoisotopic (exact) mass is 454 g/mol. The number of halogens is 2. The molecule has 8 nitrogen and oxygen atoms in total. The number of hydrogen-bond donors (Lipinski definition) is 1. The summed E-state index contributed by atoms with van der Waals surface area (Å²) in [6, 6.07) is 9.13. The number of carbonyl (C=O) groups is 2. The lowest BCUT2D eigenvalue weighted by Gasteiger charge is -2.37. The van der Waals surface area contributed by atoms with Crippen molar-refractivity contribution in [1.82, 2.24) is 25.0 Å². The Morgan fingerprint density at radius 1 is 1.16 bits per heavy atom. The third kappa shape index (κ3) is 2.96. The van der Waals surface area contributed by atoms with Crippen molar-refractivity contribution < 1.29 is 14.0 Å². The number of likely N-dealkylation sites (N-methyl/N-ethyl adjacent to an activating group) is 1. The predicted molar refractivity (Wildman–Crippen MR) is 117 cm³/mol. The average molecular weight is 455 g/mol. The smallest absolute Gasteiger partial charge is 0.321 e. The Hall–Kier alpha value is -3.46. The molecule has 0 saturated carbocycles. The minimum atomic E-state index is -0.757. The lowest BCUT2D eigenvalue weighted by molar-refractivity contribution is -0.124. The first-order chi connectivity index (χ1) is 15.3. The summed E-state index contributed by atoms with van der Waals surface area (Å²) in [6.45, 7) is 4.36. The minimum absolute atomic E-state index is 0.0760. The number of fused-ring (bicyclic) bond motifs is 3. The van der Waals surface area contributed by atoms with Gasteiger partial charge in [0.2, 0.25) is 5.95 Å². The zero-order chi connectivity index (χ0) is 22.7. The molecule has 1 N–H and O–H groups in total. The first kappa shape index (κ1) is 20.4. The summed E-state index contributed by atoms with van der Waals surface area (Å²) in [5.41, 5.74) is 3.23. The van der Waals surface area contributed by atoms with Crippen LogP contribution in [0.15, 0.2) is 36.4 Å². The molecule has 2 aliphatic rings. The number of amides is 3. The van der Waals surface area contributed by atoms with E-state index in [2.05, 4.69) is 15.5 Å². The lowest BCUT2D eigenvalue weighted by Crippen LogP contribution is -2.61. The van der Waals surface area contributed by atoms with Gasteiger partial charge < -0.3 is 9.80 Å². The van der Waals surface area contributed by atoms with E-state index >= 15 is 0 Å². The van der Waals surface area contributed by atoms with Crippen molar-refractivity contribution in [3.63, 3.8) is 0 Å². The third-order valence-corrected chi connectivity index (χ3v) is 6.38. The normalized spacial score (nSPS) is 19.8. The van der Waals surface area contributed by atoms with Crippen LogP contribution in [0.1, 0.15) is 22.9 Å². The Bertz CT molecular complexity index is 1260. The third-order valence-electron chi connectivity index (χ3n) is 6.07. The number of anilines is 1. The van der Waals surface area contributed by atoms with Gasteiger partial charge in [-0.05, 0) is 37.1 Å². The van der Waals surface area contributed by atoms with Crippen molar-refractivity contribution in [3.8, 4) is 11.4 Å². The van der Waals surface area contributed by atoms with Gasteiger partial charge in [-0.3, -0.25) is 14.7 Å². The Morgan fingerprint density at radius 3 is 2.69 bits per heavy atom. The number of hydrogen-bond acceptors (Lipinski definition) is 5. The van der Waals surface area contributed by atoms with Gasteiger partial charge in [-0.15, -0.1) is 10.2 Å². The van der Waals surface area contributed by atoms with Gasteiger partial charge in [0, 0.05) is 13.6 Å². The number of carbonyl (C=O) groups excluding carboxylic acids is 2. The van der Waals surface area contributed by atoms with Gasteiger partial charge in [0.05, 0.1) is 10.6 Å². The summed E-state index contributed by atoms with van der Waals surface area (Å²) >= 11 is 6.30. The topological polar surface area (TPSA) is 83.4 Å². The van der Waals surface area contributed by atoms with Crippen LogP contribution < -0.4 is 10.2 Å². The van der Waals surface area contributed by atoms with Crippen molar-refractivity contribution in [2.24, 2.45) is 0 Å². The molecule has 2 unspecified atom stereocenters. The highest BCUT2D eigenvalue weighted by atomic mass is 35.5. The highest BCUT2D eigenvalue weighted by molar-refractivity contribution is 6.33. The Morgan fingerprint density at radius 2 is 1.94 bits per heavy atom. The number of aromatic nitrogens is 3. The number of benzene rings is 2. The van der Waals surface area contributed by atoms with Crippen molar-refractivity contribution in [2.45, 2.75) is 32.6 Å². The molecule has 1 fully saturated rings. The van der Waals surface area contributed by atoms with Crippen LogP contribution >= 0.6 is 11.6 Å². The molecular weight excluding hydrogens is 435 g/mol. The second-order valence-electron chi connectivity index (χ2n) is 8.11. The maximum atomic E-state index is 14.8. The highest BCUT2D eigenvalue weighted by Crippen LogP contribution is 2.43. The van der Waals surface area contributed by atoms with E-state index in [0.717, 1.165) is 16.7 Å². The Kier molecular flexibility index (Phi) is 4.67. The van der Waals surface area contributed by atoms with Gasteiger partial charge >= 0.3 is 6.03 Å². The number of aryl methyl sites for hydroxylation is 2. The van der Waals surface area contributed by atoms with E-state index in [1.54, 1.807) is 22.6 Å². The van der Waals surface area contributed by atoms with E-state index in [9.17, 15) is 14.0 Å². The minimum Gasteiger partial charge on any atom is -0.321 e. The summed E-state index contributed by atoms with van der Waals surface area (Å²) in [5, 5.41) is 11.1. The van der Waals surface area contributed by atoms with Gasteiger partial charge in [0.15, 0.2) is 11.9 Å². The SMILES string of the molecule is Cc1ccc(C)c(CN2c3nnc(-c4c(F)cccc4Cl)n3C3C2C(=O)NC(=O)N3C)c1. The standard InChI is InChI=1S/C22H20ClFN6O2/c1-11-7-8-12(2)13(9-11)10-29-17-19(31)25-22(32)28(3)20(17)30-18(26-27-21(29)30)16-14(23)5-4-6-15(16)24/h4-9,17,20H,10H2,1-3H3,(H,25,31,32). The van der Waals surface area contributed by atoms with Gasteiger partial charge in [-0.1, -0.05) is 41.4 Å². The highest BCUT2D eigenvalue weighted by Gasteiger charge is 2.52. The predicted octanol–water partition coefficient (Wildman–Crippen LogP) is 3.42.